The molecule has 1 heterocycles. The zero-order valence-electron chi connectivity index (χ0n) is 6.73. The second kappa shape index (κ2) is 3.71. The summed E-state index contributed by atoms with van der Waals surface area (Å²) < 4.78 is 1.72. The number of aryl methyl sites for hydroxylation is 1. The number of allylic oxidation sites excluding steroid dienone is 1. The minimum atomic E-state index is 0.852. The van der Waals surface area contributed by atoms with E-state index >= 15 is 0 Å². The molecule has 1 aromatic rings. The maximum atomic E-state index is 4.14. The van der Waals surface area contributed by atoms with E-state index in [9.17, 15) is 0 Å². The average Bonchev–Trinajstić information content (AvgIpc) is 2.03. The summed E-state index contributed by atoms with van der Waals surface area (Å²) >= 11 is 0. The smallest absolute Gasteiger partial charge is 0.148 e. The van der Waals surface area contributed by atoms with Crippen LogP contribution in [0.15, 0.2) is 35.6 Å². The zero-order valence-corrected chi connectivity index (χ0v) is 6.73. The molecule has 0 bridgehead atoms. The number of hydrogen-bond acceptors (Lipinski definition) is 2. The lowest BCUT2D eigenvalue weighted by atomic mass is 10.6. The first-order valence-electron chi connectivity index (χ1n) is 3.48. The number of rotatable bonds is 1. The highest BCUT2D eigenvalue weighted by Crippen LogP contribution is 1.73. The van der Waals surface area contributed by atoms with Gasteiger partial charge in [0.25, 0.3) is 0 Å². The van der Waals surface area contributed by atoms with E-state index in [1.807, 2.05) is 32.2 Å². The van der Waals surface area contributed by atoms with E-state index in [0.29, 0.717) is 0 Å². The second-order valence-corrected chi connectivity index (χ2v) is 2.12. The van der Waals surface area contributed by atoms with Gasteiger partial charge in [0.05, 0.1) is 0 Å². The molecule has 0 unspecified atom stereocenters. The quantitative estimate of drug-likeness (QED) is 0.582. The van der Waals surface area contributed by atoms with Gasteiger partial charge in [-0.05, 0) is 19.1 Å². The summed E-state index contributed by atoms with van der Waals surface area (Å²) in [6, 6.07) is 3.77. The zero-order chi connectivity index (χ0) is 8.10. The van der Waals surface area contributed by atoms with Crippen LogP contribution < -0.4 is 5.49 Å². The monoisotopic (exact) mass is 149 g/mol. The number of aromatic nitrogens is 2. The van der Waals surface area contributed by atoms with Gasteiger partial charge in [0.15, 0.2) is 0 Å². The Morgan fingerprint density at radius 1 is 1.64 bits per heavy atom. The van der Waals surface area contributed by atoms with E-state index in [-0.39, 0.29) is 0 Å². The molecule has 0 amide bonds. The normalized spacial score (nSPS) is 12.7. The Labute approximate surface area is 65.7 Å². The van der Waals surface area contributed by atoms with Crippen LogP contribution in [0.2, 0.25) is 0 Å². The van der Waals surface area contributed by atoms with E-state index in [1.54, 1.807) is 17.1 Å². The Hall–Kier alpha value is -1.38. The van der Waals surface area contributed by atoms with Crippen molar-refractivity contribution in [3.05, 3.63) is 36.1 Å². The van der Waals surface area contributed by atoms with E-state index in [2.05, 4.69) is 10.1 Å². The lowest BCUT2D eigenvalue weighted by Gasteiger charge is -1.93. The van der Waals surface area contributed by atoms with Crippen LogP contribution >= 0.6 is 0 Å². The predicted molar refractivity (Wildman–Crippen MR) is 43.6 cm³/mol. The van der Waals surface area contributed by atoms with Crippen LogP contribution in [-0.4, -0.2) is 9.78 Å². The molecule has 1 aromatic heterocycles. The van der Waals surface area contributed by atoms with E-state index in [1.165, 1.54) is 0 Å². The number of nitrogens with zero attached hydrogens (tertiary/aromatic N) is 3. The molecule has 0 radical (unpaired) electrons. The molecule has 1 rings (SSSR count). The largest absolute Gasteiger partial charge is 0.251 e. The van der Waals surface area contributed by atoms with Gasteiger partial charge < -0.3 is 0 Å². The Balaban J connectivity index is 3.13. The lowest BCUT2D eigenvalue weighted by molar-refractivity contribution is 0.692. The molecule has 0 aliphatic rings. The maximum absolute atomic E-state index is 4.14. The molecular weight excluding hydrogens is 138 g/mol. The molecule has 0 saturated carbocycles. The molecule has 0 aliphatic heterocycles. The summed E-state index contributed by atoms with van der Waals surface area (Å²) in [5.41, 5.74) is 0.852. The maximum Gasteiger partial charge on any atom is 0.148 e. The molecule has 0 aromatic carbocycles. The molecule has 0 atom stereocenters. The van der Waals surface area contributed by atoms with Gasteiger partial charge in [-0.1, -0.05) is 6.08 Å². The van der Waals surface area contributed by atoms with Crippen LogP contribution in [0, 0.1) is 0 Å². The molecule has 0 N–H and O–H groups in total. The van der Waals surface area contributed by atoms with Gasteiger partial charge in [0.2, 0.25) is 0 Å². The van der Waals surface area contributed by atoms with E-state index < -0.39 is 0 Å². The summed E-state index contributed by atoms with van der Waals surface area (Å²) in [4.78, 5) is 4.14. The van der Waals surface area contributed by atoms with Crippen molar-refractivity contribution in [2.45, 2.75) is 6.92 Å². The molecular formula is C8H11N3. The van der Waals surface area contributed by atoms with Crippen LogP contribution in [-0.2, 0) is 7.05 Å². The molecule has 0 fully saturated rings. The fraction of sp³-hybridized carbons (Fsp3) is 0.250. The van der Waals surface area contributed by atoms with Crippen molar-refractivity contribution in [3.8, 4) is 0 Å². The molecule has 0 spiro atoms. The third-order valence-corrected chi connectivity index (χ3v) is 1.26. The Morgan fingerprint density at radius 2 is 2.45 bits per heavy atom. The lowest BCUT2D eigenvalue weighted by Crippen LogP contribution is -2.18. The van der Waals surface area contributed by atoms with Gasteiger partial charge in [-0.25, -0.2) is 4.99 Å². The summed E-state index contributed by atoms with van der Waals surface area (Å²) in [5, 5.41) is 4.02. The Kier molecular flexibility index (Phi) is 2.60. The molecule has 0 saturated heterocycles. The fourth-order valence-corrected chi connectivity index (χ4v) is 0.712. The Bertz CT molecular complexity index is 309. The minimum Gasteiger partial charge on any atom is -0.251 e. The van der Waals surface area contributed by atoms with Gasteiger partial charge in [0.1, 0.15) is 5.49 Å². The van der Waals surface area contributed by atoms with Gasteiger partial charge >= 0.3 is 0 Å². The van der Waals surface area contributed by atoms with Crippen LogP contribution in [0.1, 0.15) is 6.92 Å². The predicted octanol–water partition coefficient (Wildman–Crippen LogP) is 0.854. The second-order valence-electron chi connectivity index (χ2n) is 2.12. The highest BCUT2D eigenvalue weighted by molar-refractivity contribution is 4.86. The van der Waals surface area contributed by atoms with Gasteiger partial charge in [-0.2, -0.15) is 5.10 Å². The van der Waals surface area contributed by atoms with Crippen molar-refractivity contribution in [1.29, 1.82) is 0 Å². The summed E-state index contributed by atoms with van der Waals surface area (Å²) in [7, 11) is 1.86. The Morgan fingerprint density at radius 3 is 3.09 bits per heavy atom. The van der Waals surface area contributed by atoms with E-state index in [0.717, 1.165) is 5.49 Å². The third kappa shape index (κ3) is 2.04. The average molecular weight is 149 g/mol. The van der Waals surface area contributed by atoms with Crippen molar-refractivity contribution in [2.75, 3.05) is 0 Å². The van der Waals surface area contributed by atoms with Gasteiger partial charge in [-0.3, -0.25) is 4.68 Å². The third-order valence-electron chi connectivity index (χ3n) is 1.26. The molecule has 0 aliphatic carbocycles. The van der Waals surface area contributed by atoms with Crippen molar-refractivity contribution in [3.63, 3.8) is 0 Å². The van der Waals surface area contributed by atoms with Crippen molar-refractivity contribution >= 4 is 0 Å². The molecule has 3 nitrogen and oxygen atoms in total. The molecule has 11 heavy (non-hydrogen) atoms. The van der Waals surface area contributed by atoms with Gasteiger partial charge in [0, 0.05) is 19.4 Å². The van der Waals surface area contributed by atoms with Crippen LogP contribution in [0.5, 0.6) is 0 Å². The summed E-state index contributed by atoms with van der Waals surface area (Å²) in [6.07, 6.45) is 5.36. The first-order valence-corrected chi connectivity index (χ1v) is 3.48. The molecule has 3 heteroatoms. The summed E-state index contributed by atoms with van der Waals surface area (Å²) in [5.74, 6) is 0. The van der Waals surface area contributed by atoms with Crippen LogP contribution in [0.3, 0.4) is 0 Å². The number of hydrogen-bond donors (Lipinski definition) is 0. The summed E-state index contributed by atoms with van der Waals surface area (Å²) in [6.45, 7) is 1.93. The van der Waals surface area contributed by atoms with Crippen molar-refractivity contribution in [1.82, 2.24) is 9.78 Å². The van der Waals surface area contributed by atoms with Crippen LogP contribution in [0.4, 0.5) is 0 Å². The SMILES string of the molecule is C/C=C\N=c1cccnn1C. The highest BCUT2D eigenvalue weighted by atomic mass is 15.3. The topological polar surface area (TPSA) is 30.2 Å². The first kappa shape index (κ1) is 7.72. The van der Waals surface area contributed by atoms with Crippen molar-refractivity contribution in [2.24, 2.45) is 12.0 Å². The highest BCUT2D eigenvalue weighted by Gasteiger charge is 1.80. The standard InChI is InChI=1S/C8H11N3/c1-3-6-9-8-5-4-7-10-11(8)2/h3-7H,1-2H3/b6-3-,9-8?. The van der Waals surface area contributed by atoms with E-state index in [4.69, 9.17) is 0 Å². The minimum absolute atomic E-state index is 0.852. The first-order chi connectivity index (χ1) is 5.34. The fourth-order valence-electron chi connectivity index (χ4n) is 0.712. The van der Waals surface area contributed by atoms with Gasteiger partial charge in [-0.15, -0.1) is 0 Å². The van der Waals surface area contributed by atoms with Crippen molar-refractivity contribution < 1.29 is 0 Å². The van der Waals surface area contributed by atoms with Crippen LogP contribution in [0.25, 0.3) is 0 Å². The molecule has 58 valence electrons.